The minimum absolute atomic E-state index is 0.0531. The highest BCUT2D eigenvalue weighted by Gasteiger charge is 2.19. The number of rotatable bonds is 8. The van der Waals surface area contributed by atoms with Crippen LogP contribution in [-0.4, -0.2) is 38.1 Å². The fourth-order valence-corrected chi connectivity index (χ4v) is 3.25. The third-order valence-corrected chi connectivity index (χ3v) is 4.93. The maximum absolute atomic E-state index is 8.77. The molecule has 0 heterocycles. The molecule has 0 saturated heterocycles. The molecule has 0 aliphatic rings. The van der Waals surface area contributed by atoms with E-state index in [0.29, 0.717) is 19.8 Å². The second-order valence-corrected chi connectivity index (χ2v) is 10.1. The van der Waals surface area contributed by atoms with Crippen molar-refractivity contribution in [2.45, 2.75) is 73.1 Å². The van der Waals surface area contributed by atoms with Gasteiger partial charge in [0.25, 0.3) is 0 Å². The molecule has 180 valence electrons. The second-order valence-electron chi connectivity index (χ2n) is 10.1. The predicted molar refractivity (Wildman–Crippen MR) is 134 cm³/mol. The van der Waals surface area contributed by atoms with Crippen molar-refractivity contribution in [2.24, 2.45) is 0 Å². The van der Waals surface area contributed by atoms with Crippen LogP contribution in [0.25, 0.3) is 0 Å². The van der Waals surface area contributed by atoms with Gasteiger partial charge in [-0.25, -0.2) is 0 Å². The molecule has 0 aromatic heterocycles. The number of hydrogen-bond acceptors (Lipinski definition) is 4. The van der Waals surface area contributed by atoms with E-state index < -0.39 is 0 Å². The Kier molecular flexibility index (Phi) is 11.2. The normalized spacial score (nSPS) is 11.6. The zero-order valence-electron chi connectivity index (χ0n) is 21.7. The van der Waals surface area contributed by atoms with Gasteiger partial charge in [-0.2, -0.15) is 0 Å². The highest BCUT2D eigenvalue weighted by Crippen LogP contribution is 2.33. The average Bonchev–Trinajstić information content (AvgIpc) is 2.68. The van der Waals surface area contributed by atoms with Crippen LogP contribution in [-0.2, 0) is 15.6 Å². The zero-order valence-corrected chi connectivity index (χ0v) is 21.7. The first-order chi connectivity index (χ1) is 14.9. The molecule has 0 saturated carbocycles. The number of hydrogen-bond donors (Lipinski definition) is 1. The lowest BCUT2D eigenvalue weighted by atomic mass is 9.86. The van der Waals surface area contributed by atoms with Crippen LogP contribution in [0.4, 0.5) is 0 Å². The molecule has 0 aliphatic heterocycles. The van der Waals surface area contributed by atoms with E-state index in [9.17, 15) is 0 Å². The maximum Gasteiger partial charge on any atom is 0.123 e. The quantitative estimate of drug-likeness (QED) is 0.481. The van der Waals surface area contributed by atoms with E-state index in [-0.39, 0.29) is 17.4 Å². The fraction of sp³-hybridized carbons (Fsp3) is 0.571. The Morgan fingerprint density at radius 1 is 0.688 bits per heavy atom. The Morgan fingerprint density at radius 2 is 1.12 bits per heavy atom. The highest BCUT2D eigenvalue weighted by molar-refractivity contribution is 5.42. The molecule has 32 heavy (non-hydrogen) atoms. The molecule has 0 amide bonds. The first-order valence-electron chi connectivity index (χ1n) is 11.6. The van der Waals surface area contributed by atoms with Gasteiger partial charge in [0.05, 0.1) is 13.2 Å². The van der Waals surface area contributed by atoms with Gasteiger partial charge in [0.2, 0.25) is 0 Å². The molecule has 1 N–H and O–H groups in total. The summed E-state index contributed by atoms with van der Waals surface area (Å²) in [5.41, 5.74) is 5.01. The van der Waals surface area contributed by atoms with E-state index in [1.807, 2.05) is 19.9 Å². The van der Waals surface area contributed by atoms with Crippen LogP contribution in [0.15, 0.2) is 36.4 Å². The number of aliphatic hydroxyl groups excluding tert-OH is 1. The standard InChI is InChI=1S/C15H24O2.C13H20O2/c1-6-16-9-10-17-14-11-12(2)7-8-13(14)15(3,4)5;1-10-5-6-11(13(2,3)4)12(9-10)15-8-7-14/h7-8,11H,6,9-10H2,1-5H3;5-6,9,14H,7-8H2,1-4H3. The van der Waals surface area contributed by atoms with E-state index in [0.717, 1.165) is 18.1 Å². The Balaban J connectivity index is 0.000000323. The molecule has 2 aromatic rings. The van der Waals surface area contributed by atoms with E-state index in [1.165, 1.54) is 22.3 Å². The molecule has 0 radical (unpaired) electrons. The molecule has 0 atom stereocenters. The summed E-state index contributed by atoms with van der Waals surface area (Å²) in [6.07, 6.45) is 0. The number of ether oxygens (including phenoxy) is 3. The summed E-state index contributed by atoms with van der Waals surface area (Å²) in [6, 6.07) is 12.6. The smallest absolute Gasteiger partial charge is 0.123 e. The van der Waals surface area contributed by atoms with Crippen molar-refractivity contribution in [3.05, 3.63) is 58.7 Å². The van der Waals surface area contributed by atoms with Crippen LogP contribution in [0.3, 0.4) is 0 Å². The molecule has 0 bridgehead atoms. The van der Waals surface area contributed by atoms with Crippen molar-refractivity contribution in [1.82, 2.24) is 0 Å². The van der Waals surface area contributed by atoms with Gasteiger partial charge >= 0.3 is 0 Å². The zero-order chi connectivity index (χ0) is 24.4. The summed E-state index contributed by atoms with van der Waals surface area (Å²) < 4.78 is 16.7. The van der Waals surface area contributed by atoms with Crippen LogP contribution >= 0.6 is 0 Å². The first kappa shape index (κ1) is 28.0. The largest absolute Gasteiger partial charge is 0.491 e. The van der Waals surface area contributed by atoms with Crippen molar-refractivity contribution >= 4 is 0 Å². The van der Waals surface area contributed by atoms with E-state index in [4.69, 9.17) is 19.3 Å². The lowest BCUT2D eigenvalue weighted by Gasteiger charge is -2.23. The number of benzene rings is 2. The number of aliphatic hydroxyl groups is 1. The molecule has 4 heteroatoms. The van der Waals surface area contributed by atoms with Crippen molar-refractivity contribution in [2.75, 3.05) is 33.0 Å². The van der Waals surface area contributed by atoms with Gasteiger partial charge in [0.15, 0.2) is 0 Å². The van der Waals surface area contributed by atoms with Crippen LogP contribution in [0, 0.1) is 13.8 Å². The molecule has 2 aromatic carbocycles. The van der Waals surface area contributed by atoms with Gasteiger partial charge in [-0.05, 0) is 66.0 Å². The SMILES string of the molecule is CCOCCOc1cc(C)ccc1C(C)(C)C.Cc1ccc(C(C)(C)C)c(OCCO)c1. The highest BCUT2D eigenvalue weighted by atomic mass is 16.5. The average molecular weight is 445 g/mol. The molecule has 0 aliphatic carbocycles. The first-order valence-corrected chi connectivity index (χ1v) is 11.6. The Hall–Kier alpha value is -2.04. The van der Waals surface area contributed by atoms with E-state index >= 15 is 0 Å². The van der Waals surface area contributed by atoms with E-state index in [1.54, 1.807) is 0 Å². The Labute approximate surface area is 195 Å². The molecular formula is C28H44O4. The minimum atomic E-state index is 0.0531. The minimum Gasteiger partial charge on any atom is -0.491 e. The molecule has 4 nitrogen and oxygen atoms in total. The monoisotopic (exact) mass is 444 g/mol. The summed E-state index contributed by atoms with van der Waals surface area (Å²) in [4.78, 5) is 0. The van der Waals surface area contributed by atoms with Crippen LogP contribution in [0.5, 0.6) is 11.5 Å². The molecule has 0 fully saturated rings. The molecular weight excluding hydrogens is 400 g/mol. The van der Waals surface area contributed by atoms with Gasteiger partial charge in [-0.1, -0.05) is 65.8 Å². The Bertz CT molecular complexity index is 813. The van der Waals surface area contributed by atoms with Crippen LogP contribution < -0.4 is 9.47 Å². The summed E-state index contributed by atoms with van der Waals surface area (Å²) in [6.45, 7) is 21.6. The van der Waals surface area contributed by atoms with Gasteiger partial charge in [0, 0.05) is 6.61 Å². The van der Waals surface area contributed by atoms with Gasteiger partial charge < -0.3 is 19.3 Å². The van der Waals surface area contributed by atoms with E-state index in [2.05, 4.69) is 78.8 Å². The van der Waals surface area contributed by atoms with Gasteiger partial charge in [0.1, 0.15) is 24.7 Å². The lowest BCUT2D eigenvalue weighted by molar-refractivity contribution is 0.109. The summed E-state index contributed by atoms with van der Waals surface area (Å²) in [5, 5.41) is 8.77. The van der Waals surface area contributed by atoms with Crippen LogP contribution in [0.1, 0.15) is 70.7 Å². The summed E-state index contributed by atoms with van der Waals surface area (Å²) >= 11 is 0. The van der Waals surface area contributed by atoms with Crippen molar-refractivity contribution in [1.29, 1.82) is 0 Å². The molecule has 0 spiro atoms. The summed E-state index contributed by atoms with van der Waals surface area (Å²) in [7, 11) is 0. The van der Waals surface area contributed by atoms with Crippen molar-refractivity contribution in [3.63, 3.8) is 0 Å². The molecule has 2 rings (SSSR count). The number of aryl methyl sites for hydroxylation is 2. The Morgan fingerprint density at radius 3 is 1.50 bits per heavy atom. The lowest BCUT2D eigenvalue weighted by Crippen LogP contribution is -2.15. The second kappa shape index (κ2) is 12.9. The third kappa shape index (κ3) is 9.62. The topological polar surface area (TPSA) is 47.9 Å². The third-order valence-electron chi connectivity index (χ3n) is 4.93. The molecule has 0 unspecified atom stereocenters. The van der Waals surface area contributed by atoms with Crippen LogP contribution in [0.2, 0.25) is 0 Å². The van der Waals surface area contributed by atoms with Gasteiger partial charge in [-0.3, -0.25) is 0 Å². The predicted octanol–water partition coefficient (Wildman–Crippen LogP) is 6.37. The fourth-order valence-electron chi connectivity index (χ4n) is 3.25. The van der Waals surface area contributed by atoms with Gasteiger partial charge in [-0.15, -0.1) is 0 Å². The van der Waals surface area contributed by atoms with Crippen molar-refractivity contribution in [3.8, 4) is 11.5 Å². The maximum atomic E-state index is 8.77. The summed E-state index contributed by atoms with van der Waals surface area (Å²) in [5.74, 6) is 1.87. The van der Waals surface area contributed by atoms with Crippen molar-refractivity contribution < 1.29 is 19.3 Å².